The van der Waals surface area contributed by atoms with Gasteiger partial charge in [0.25, 0.3) is 0 Å². The number of methoxy groups -OCH3 is 2. The summed E-state index contributed by atoms with van der Waals surface area (Å²) >= 11 is 7.02. The lowest BCUT2D eigenvalue weighted by molar-refractivity contribution is -0.146. The highest BCUT2D eigenvalue weighted by atomic mass is 79.9. The minimum atomic E-state index is -1.10. The second-order valence-corrected chi connectivity index (χ2v) is 14.0. The van der Waals surface area contributed by atoms with Crippen LogP contribution in [0.3, 0.4) is 0 Å². The van der Waals surface area contributed by atoms with Gasteiger partial charge in [0.15, 0.2) is 0 Å². The summed E-state index contributed by atoms with van der Waals surface area (Å²) < 4.78 is 20.2. The van der Waals surface area contributed by atoms with Crippen LogP contribution in [0.25, 0.3) is 0 Å². The number of ether oxygens (including phenoxy) is 3. The second kappa shape index (κ2) is 9.30. The van der Waals surface area contributed by atoms with E-state index in [0.717, 1.165) is 25.6 Å². The molecule has 9 heteroatoms. The van der Waals surface area contributed by atoms with E-state index in [-0.39, 0.29) is 23.7 Å². The van der Waals surface area contributed by atoms with Gasteiger partial charge in [0.2, 0.25) is 0 Å². The van der Waals surface area contributed by atoms with Crippen LogP contribution in [-0.4, -0.2) is 42.4 Å². The van der Waals surface area contributed by atoms with Gasteiger partial charge in [-0.3, -0.25) is 14.2 Å². The molecule has 0 spiro atoms. The van der Waals surface area contributed by atoms with Crippen LogP contribution in [0.15, 0.2) is 63.5 Å². The second-order valence-electron chi connectivity index (χ2n) is 12.2. The van der Waals surface area contributed by atoms with Crippen molar-refractivity contribution in [3.8, 4) is 0 Å². The Balaban J connectivity index is 1.65. The lowest BCUT2D eigenvalue weighted by atomic mass is 9.85. The lowest BCUT2D eigenvalue weighted by Crippen LogP contribution is -2.31. The number of benzene rings is 2. The third kappa shape index (κ3) is 3.77. The molecular weight excluding hydrogens is 654 g/mol. The van der Waals surface area contributed by atoms with E-state index in [4.69, 9.17) is 14.2 Å². The molecule has 0 saturated heterocycles. The van der Waals surface area contributed by atoms with Gasteiger partial charge in [0, 0.05) is 32.2 Å². The molecule has 1 heterocycles. The van der Waals surface area contributed by atoms with E-state index >= 15 is 0 Å². The number of fused-ring (bicyclic) bond motifs is 6. The first-order valence-electron chi connectivity index (χ1n) is 13.5. The van der Waals surface area contributed by atoms with E-state index in [1.54, 1.807) is 4.57 Å². The van der Waals surface area contributed by atoms with E-state index in [1.807, 2.05) is 82.3 Å². The number of aryl methyl sites for hydroxylation is 1. The van der Waals surface area contributed by atoms with Crippen molar-refractivity contribution >= 4 is 49.9 Å². The molecule has 7 nitrogen and oxygen atoms in total. The van der Waals surface area contributed by atoms with Crippen molar-refractivity contribution in [2.75, 3.05) is 14.2 Å². The van der Waals surface area contributed by atoms with Gasteiger partial charge in [-0.25, -0.2) is 4.79 Å². The lowest BCUT2D eigenvalue weighted by Gasteiger charge is -2.23. The van der Waals surface area contributed by atoms with Crippen LogP contribution in [0, 0.1) is 18.8 Å². The van der Waals surface area contributed by atoms with Crippen LogP contribution < -0.4 is 0 Å². The minimum Gasteiger partial charge on any atom is -0.468 e. The third-order valence-corrected chi connectivity index (χ3v) is 10.1. The maximum atomic E-state index is 14.0. The molecular formula is C32H31Br2NO6. The molecule has 41 heavy (non-hydrogen) atoms. The summed E-state index contributed by atoms with van der Waals surface area (Å²) in [6.45, 7) is 7.33. The quantitative estimate of drug-likeness (QED) is 0.223. The molecule has 2 saturated carbocycles. The van der Waals surface area contributed by atoms with E-state index < -0.39 is 34.4 Å². The third-order valence-electron chi connectivity index (χ3n) is 9.07. The first-order valence-corrected chi connectivity index (χ1v) is 15.1. The van der Waals surface area contributed by atoms with Gasteiger partial charge in [0.1, 0.15) is 16.4 Å². The van der Waals surface area contributed by atoms with Crippen molar-refractivity contribution in [3.63, 3.8) is 0 Å². The number of hydrogen-bond donors (Lipinski definition) is 0. The van der Waals surface area contributed by atoms with Gasteiger partial charge in [-0.15, -0.1) is 0 Å². The molecule has 214 valence electrons. The number of hydrogen-bond acceptors (Lipinski definition) is 6. The van der Waals surface area contributed by atoms with E-state index in [9.17, 15) is 14.4 Å². The van der Waals surface area contributed by atoms with Crippen molar-refractivity contribution in [1.29, 1.82) is 0 Å². The average Bonchev–Trinajstić information content (AvgIpc) is 3.76. The molecule has 0 aliphatic heterocycles. The van der Waals surface area contributed by atoms with E-state index in [0.29, 0.717) is 11.4 Å². The molecule has 6 rings (SSSR count). The number of nitrogens with zero attached hydrogens (tertiary/aromatic N) is 1. The van der Waals surface area contributed by atoms with Crippen molar-refractivity contribution in [1.82, 2.24) is 4.57 Å². The van der Waals surface area contributed by atoms with Gasteiger partial charge < -0.3 is 14.2 Å². The molecule has 0 bridgehead atoms. The van der Waals surface area contributed by atoms with Crippen LogP contribution in [0.2, 0.25) is 0 Å². The molecule has 1 aromatic heterocycles. The predicted octanol–water partition coefficient (Wildman–Crippen LogP) is 6.77. The number of halogens is 2. The summed E-state index contributed by atoms with van der Waals surface area (Å²) in [5.74, 6) is -2.01. The summed E-state index contributed by atoms with van der Waals surface area (Å²) in [7, 11) is 2.79. The maximum Gasteiger partial charge on any atom is 0.418 e. The first kappa shape index (κ1) is 28.2. The van der Waals surface area contributed by atoms with Crippen molar-refractivity contribution in [2.45, 2.75) is 56.0 Å². The largest absolute Gasteiger partial charge is 0.468 e. The Morgan fingerprint density at radius 2 is 1.22 bits per heavy atom. The number of esters is 2. The maximum absolute atomic E-state index is 14.0. The monoisotopic (exact) mass is 683 g/mol. The normalized spacial score (nSPS) is 29.0. The zero-order valence-electron chi connectivity index (χ0n) is 23.7. The van der Waals surface area contributed by atoms with Crippen LogP contribution in [-0.2, 0) is 34.6 Å². The SMILES string of the molecule is COC(=O)[C@]1(c2ccc(Br)cc2)[C@@H]2[C@@H]3[C@@H](c4c(cc(C)n4C(=O)OC(C)(C)C)[C@H]21)[C@@]3(C(=O)OC)c1ccc(Br)cc1. The van der Waals surface area contributed by atoms with Crippen LogP contribution >= 0.6 is 31.9 Å². The fourth-order valence-corrected chi connectivity index (χ4v) is 8.26. The molecule has 0 N–H and O–H groups in total. The molecule has 2 fully saturated rings. The fourth-order valence-electron chi connectivity index (χ4n) is 7.73. The molecule has 0 amide bonds. The first-order chi connectivity index (χ1) is 19.3. The molecule has 3 aromatic rings. The average molecular weight is 685 g/mol. The minimum absolute atomic E-state index is 0.245. The summed E-state index contributed by atoms with van der Waals surface area (Å²) in [4.78, 5) is 41.6. The standard InChI is InChI=1S/C32H31Br2NO6/c1-16-15-21-22-23(31(22,27(36)39-5)17-7-11-19(33)12-8-17)24-25(26(21)35(16)29(38)41-30(2,3)4)32(24,28(37)40-6)18-9-13-20(34)14-10-18/h7-15,22-25H,1-6H3/t22-,23+,24-,25+,31+,32-/m1/s1. The fraction of sp³-hybridized carbons (Fsp3) is 0.406. The zero-order chi connectivity index (χ0) is 29.6. The molecule has 0 unspecified atom stereocenters. The Morgan fingerprint density at radius 1 is 0.780 bits per heavy atom. The summed E-state index contributed by atoms with van der Waals surface area (Å²) in [5, 5.41) is 0. The van der Waals surface area contributed by atoms with Gasteiger partial charge >= 0.3 is 18.0 Å². The Hall–Kier alpha value is -2.91. The Kier molecular flexibility index (Phi) is 6.40. The highest BCUT2D eigenvalue weighted by Crippen LogP contribution is 2.86. The highest BCUT2D eigenvalue weighted by Gasteiger charge is 2.89. The van der Waals surface area contributed by atoms with Crippen LogP contribution in [0.1, 0.15) is 60.7 Å². The van der Waals surface area contributed by atoms with Gasteiger partial charge in [-0.1, -0.05) is 56.1 Å². The topological polar surface area (TPSA) is 83.8 Å². The molecule has 2 aromatic carbocycles. The van der Waals surface area contributed by atoms with Crippen LogP contribution in [0.5, 0.6) is 0 Å². The van der Waals surface area contributed by atoms with Gasteiger partial charge in [-0.05, 0) is 86.6 Å². The summed E-state index contributed by atoms with van der Waals surface area (Å²) in [5.41, 5.74) is 1.02. The molecule has 0 radical (unpaired) electrons. The van der Waals surface area contributed by atoms with Gasteiger partial charge in [-0.2, -0.15) is 0 Å². The van der Waals surface area contributed by atoms with Crippen LogP contribution in [0.4, 0.5) is 4.79 Å². The predicted molar refractivity (Wildman–Crippen MR) is 159 cm³/mol. The number of aromatic nitrogens is 1. The molecule has 6 atom stereocenters. The number of rotatable bonds is 4. The highest BCUT2D eigenvalue weighted by molar-refractivity contribution is 9.10. The van der Waals surface area contributed by atoms with E-state index in [2.05, 4.69) is 31.9 Å². The van der Waals surface area contributed by atoms with Crippen molar-refractivity contribution in [3.05, 3.63) is 91.6 Å². The van der Waals surface area contributed by atoms with Crippen molar-refractivity contribution in [2.24, 2.45) is 11.8 Å². The molecule has 3 aliphatic rings. The Bertz CT molecular complexity index is 1590. The summed E-state index contributed by atoms with van der Waals surface area (Å²) in [6, 6.07) is 17.3. The van der Waals surface area contributed by atoms with Crippen molar-refractivity contribution < 1.29 is 28.6 Å². The number of carbonyl (C=O) groups excluding carboxylic acids is 3. The molecule has 3 aliphatic carbocycles. The Labute approximate surface area is 255 Å². The van der Waals surface area contributed by atoms with E-state index in [1.165, 1.54) is 14.2 Å². The number of carbonyl (C=O) groups is 3. The zero-order valence-corrected chi connectivity index (χ0v) is 26.8. The Morgan fingerprint density at radius 3 is 1.66 bits per heavy atom. The van der Waals surface area contributed by atoms with Gasteiger partial charge in [0.05, 0.1) is 14.2 Å². The smallest absolute Gasteiger partial charge is 0.418 e. The summed E-state index contributed by atoms with van der Waals surface area (Å²) in [6.07, 6.45) is -0.511.